The fourth-order valence-electron chi connectivity index (χ4n) is 2.84. The van der Waals surface area contributed by atoms with E-state index in [0.717, 1.165) is 6.54 Å². The first-order valence-corrected chi connectivity index (χ1v) is 7.66. The van der Waals surface area contributed by atoms with Crippen LogP contribution >= 0.6 is 0 Å². The first-order valence-electron chi connectivity index (χ1n) is 7.66. The van der Waals surface area contributed by atoms with Crippen LogP contribution in [-0.2, 0) is 9.59 Å². The molecule has 114 valence electrons. The van der Waals surface area contributed by atoms with Gasteiger partial charge in [0.25, 0.3) is 0 Å². The highest BCUT2D eigenvalue weighted by Crippen LogP contribution is 2.23. The summed E-state index contributed by atoms with van der Waals surface area (Å²) < 4.78 is 0. The number of amides is 2. The average molecular weight is 288 g/mol. The molecule has 1 aliphatic rings. The SMILES string of the molecule is CCNC(CN1C(=O)CCCC1=O)c1cc(C)ccc1C. The highest BCUT2D eigenvalue weighted by Gasteiger charge is 2.28. The number of rotatable bonds is 5. The summed E-state index contributed by atoms with van der Waals surface area (Å²) in [5, 5.41) is 3.41. The van der Waals surface area contributed by atoms with E-state index in [9.17, 15) is 9.59 Å². The molecule has 4 heteroatoms. The number of hydrogen-bond donors (Lipinski definition) is 1. The maximum atomic E-state index is 12.0. The van der Waals surface area contributed by atoms with Crippen molar-refractivity contribution in [2.24, 2.45) is 0 Å². The summed E-state index contributed by atoms with van der Waals surface area (Å²) in [5.74, 6) is -0.0843. The van der Waals surface area contributed by atoms with Crippen LogP contribution in [0.2, 0.25) is 0 Å². The minimum atomic E-state index is -0.0422. The number of piperidine rings is 1. The zero-order valence-electron chi connectivity index (χ0n) is 13.1. The molecule has 2 amide bonds. The van der Waals surface area contributed by atoms with Crippen LogP contribution in [0.3, 0.4) is 0 Å². The summed E-state index contributed by atoms with van der Waals surface area (Å²) in [6.07, 6.45) is 1.65. The van der Waals surface area contributed by atoms with Crippen LogP contribution in [0.5, 0.6) is 0 Å². The van der Waals surface area contributed by atoms with E-state index in [2.05, 4.69) is 37.4 Å². The number of carbonyl (C=O) groups excluding carboxylic acids is 2. The van der Waals surface area contributed by atoms with E-state index in [0.29, 0.717) is 25.8 Å². The van der Waals surface area contributed by atoms with Gasteiger partial charge in [0.15, 0.2) is 0 Å². The zero-order valence-corrected chi connectivity index (χ0v) is 13.1. The minimum Gasteiger partial charge on any atom is -0.309 e. The van der Waals surface area contributed by atoms with Crippen molar-refractivity contribution < 1.29 is 9.59 Å². The standard InChI is InChI=1S/C17H24N2O2/c1-4-18-15(14-10-12(2)8-9-13(14)3)11-19-16(20)6-5-7-17(19)21/h8-10,15,18H,4-7,11H2,1-3H3. The summed E-state index contributed by atoms with van der Waals surface area (Å²) in [6.45, 7) is 7.39. The van der Waals surface area contributed by atoms with E-state index in [4.69, 9.17) is 0 Å². The summed E-state index contributed by atoms with van der Waals surface area (Å²) in [6, 6.07) is 6.32. The smallest absolute Gasteiger partial charge is 0.229 e. The summed E-state index contributed by atoms with van der Waals surface area (Å²) in [5.41, 5.74) is 3.54. The van der Waals surface area contributed by atoms with Crippen molar-refractivity contribution in [1.29, 1.82) is 0 Å². The molecule has 1 aromatic rings. The molecule has 1 saturated heterocycles. The fourth-order valence-corrected chi connectivity index (χ4v) is 2.84. The number of likely N-dealkylation sites (tertiary alicyclic amines) is 1. The van der Waals surface area contributed by atoms with Crippen molar-refractivity contribution >= 4 is 11.8 Å². The lowest BCUT2D eigenvalue weighted by atomic mass is 9.97. The van der Waals surface area contributed by atoms with Crippen molar-refractivity contribution in [3.8, 4) is 0 Å². The second-order valence-corrected chi connectivity index (χ2v) is 5.72. The molecule has 1 fully saturated rings. The molecule has 0 bridgehead atoms. The van der Waals surface area contributed by atoms with E-state index < -0.39 is 0 Å². The Kier molecular flexibility index (Phi) is 5.12. The van der Waals surface area contributed by atoms with E-state index >= 15 is 0 Å². The first-order chi connectivity index (χ1) is 10.0. The second kappa shape index (κ2) is 6.85. The number of hydrogen-bond acceptors (Lipinski definition) is 3. The predicted octanol–water partition coefficient (Wildman–Crippen LogP) is 2.49. The topological polar surface area (TPSA) is 49.4 Å². The molecular weight excluding hydrogens is 264 g/mol. The Balaban J connectivity index is 2.24. The summed E-state index contributed by atoms with van der Waals surface area (Å²) in [7, 11) is 0. The van der Waals surface area contributed by atoms with Gasteiger partial charge in [-0.2, -0.15) is 0 Å². The third kappa shape index (κ3) is 3.70. The Morgan fingerprint density at radius 2 is 1.86 bits per heavy atom. The number of likely N-dealkylation sites (N-methyl/N-ethyl adjacent to an activating group) is 1. The molecule has 1 aromatic carbocycles. The monoisotopic (exact) mass is 288 g/mol. The Hall–Kier alpha value is -1.68. The van der Waals surface area contributed by atoms with Gasteiger partial charge in [0, 0.05) is 19.4 Å². The lowest BCUT2D eigenvalue weighted by Crippen LogP contribution is -2.45. The molecule has 0 aromatic heterocycles. The van der Waals surface area contributed by atoms with Crippen molar-refractivity contribution in [2.75, 3.05) is 13.1 Å². The van der Waals surface area contributed by atoms with Gasteiger partial charge in [0.1, 0.15) is 0 Å². The molecule has 1 atom stereocenters. The Morgan fingerprint density at radius 3 is 2.48 bits per heavy atom. The van der Waals surface area contributed by atoms with Crippen molar-refractivity contribution in [1.82, 2.24) is 10.2 Å². The molecule has 0 spiro atoms. The van der Waals surface area contributed by atoms with Gasteiger partial charge in [0.05, 0.1) is 6.04 Å². The van der Waals surface area contributed by atoms with Crippen LogP contribution in [-0.4, -0.2) is 29.8 Å². The number of benzene rings is 1. The molecular formula is C17H24N2O2. The normalized spacial score (nSPS) is 17.2. The van der Waals surface area contributed by atoms with Crippen molar-refractivity contribution in [3.63, 3.8) is 0 Å². The van der Waals surface area contributed by atoms with E-state index in [1.54, 1.807) is 0 Å². The zero-order chi connectivity index (χ0) is 15.4. The Labute approximate surface area is 126 Å². The maximum absolute atomic E-state index is 12.0. The maximum Gasteiger partial charge on any atom is 0.229 e. The largest absolute Gasteiger partial charge is 0.309 e. The quantitative estimate of drug-likeness (QED) is 0.847. The highest BCUT2D eigenvalue weighted by molar-refractivity contribution is 5.97. The number of nitrogens with one attached hydrogen (secondary N) is 1. The Bertz CT molecular complexity index is 524. The lowest BCUT2D eigenvalue weighted by molar-refractivity contribution is -0.148. The van der Waals surface area contributed by atoms with Gasteiger partial charge in [-0.25, -0.2) is 0 Å². The molecule has 1 heterocycles. The number of nitrogens with zero attached hydrogens (tertiary/aromatic N) is 1. The van der Waals surface area contributed by atoms with E-state index in [-0.39, 0.29) is 17.9 Å². The van der Waals surface area contributed by atoms with Gasteiger partial charge in [0.2, 0.25) is 11.8 Å². The molecule has 1 N–H and O–H groups in total. The van der Waals surface area contributed by atoms with Crippen LogP contribution in [0.1, 0.15) is 48.9 Å². The van der Waals surface area contributed by atoms with Crippen molar-refractivity contribution in [2.45, 2.75) is 46.1 Å². The third-order valence-electron chi connectivity index (χ3n) is 4.01. The minimum absolute atomic E-state index is 0.000833. The predicted molar refractivity (Wildman–Crippen MR) is 82.9 cm³/mol. The van der Waals surface area contributed by atoms with Crippen LogP contribution in [0.15, 0.2) is 18.2 Å². The highest BCUT2D eigenvalue weighted by atomic mass is 16.2. The number of aryl methyl sites for hydroxylation is 2. The van der Waals surface area contributed by atoms with Gasteiger partial charge in [-0.15, -0.1) is 0 Å². The molecule has 0 saturated carbocycles. The van der Waals surface area contributed by atoms with Crippen LogP contribution < -0.4 is 5.32 Å². The van der Waals surface area contributed by atoms with Gasteiger partial charge in [-0.05, 0) is 37.9 Å². The van der Waals surface area contributed by atoms with Crippen LogP contribution in [0, 0.1) is 13.8 Å². The van der Waals surface area contributed by atoms with Crippen molar-refractivity contribution in [3.05, 3.63) is 34.9 Å². The van der Waals surface area contributed by atoms with E-state index in [1.165, 1.54) is 21.6 Å². The summed E-state index contributed by atoms with van der Waals surface area (Å²) >= 11 is 0. The molecule has 0 aliphatic carbocycles. The molecule has 1 aliphatic heterocycles. The molecule has 0 radical (unpaired) electrons. The average Bonchev–Trinajstić information content (AvgIpc) is 2.44. The lowest BCUT2D eigenvalue weighted by Gasteiger charge is -2.30. The van der Waals surface area contributed by atoms with Gasteiger partial charge in [-0.3, -0.25) is 14.5 Å². The first kappa shape index (κ1) is 15.7. The van der Waals surface area contributed by atoms with E-state index in [1.807, 2.05) is 6.92 Å². The van der Waals surface area contributed by atoms with Gasteiger partial charge >= 0.3 is 0 Å². The van der Waals surface area contributed by atoms with Gasteiger partial charge in [-0.1, -0.05) is 30.7 Å². The third-order valence-corrected chi connectivity index (χ3v) is 4.01. The molecule has 4 nitrogen and oxygen atoms in total. The number of carbonyl (C=O) groups is 2. The fraction of sp³-hybridized carbons (Fsp3) is 0.529. The van der Waals surface area contributed by atoms with Crippen LogP contribution in [0.25, 0.3) is 0 Å². The Morgan fingerprint density at radius 1 is 1.19 bits per heavy atom. The summed E-state index contributed by atoms with van der Waals surface area (Å²) in [4.78, 5) is 25.4. The van der Waals surface area contributed by atoms with Gasteiger partial charge < -0.3 is 5.32 Å². The molecule has 21 heavy (non-hydrogen) atoms. The number of imide groups is 1. The van der Waals surface area contributed by atoms with Crippen LogP contribution in [0.4, 0.5) is 0 Å². The second-order valence-electron chi connectivity index (χ2n) is 5.72. The molecule has 2 rings (SSSR count). The molecule has 1 unspecified atom stereocenters.